The standard InChI is InChI=1S/C16H21N3/c1-11-9-15(19-8-4-7-16(19,2)3)13-10-12(17)5-6-14(13)18-11/h5-6,9-10H,4,7-8,17H2,1-3H3. The van der Waals surface area contributed by atoms with E-state index in [0.717, 1.165) is 23.4 Å². The van der Waals surface area contributed by atoms with Crippen molar-refractivity contribution in [1.29, 1.82) is 0 Å². The number of pyridine rings is 1. The molecule has 0 aliphatic carbocycles. The van der Waals surface area contributed by atoms with E-state index in [1.54, 1.807) is 0 Å². The maximum atomic E-state index is 5.95. The third kappa shape index (κ3) is 2.03. The van der Waals surface area contributed by atoms with Crippen molar-refractivity contribution in [3.63, 3.8) is 0 Å². The first kappa shape index (κ1) is 12.3. The molecule has 100 valence electrons. The molecule has 0 unspecified atom stereocenters. The monoisotopic (exact) mass is 255 g/mol. The summed E-state index contributed by atoms with van der Waals surface area (Å²) in [6.07, 6.45) is 2.48. The summed E-state index contributed by atoms with van der Waals surface area (Å²) in [4.78, 5) is 7.12. The first-order chi connectivity index (χ1) is 8.97. The Morgan fingerprint density at radius 2 is 2.05 bits per heavy atom. The van der Waals surface area contributed by atoms with E-state index in [0.29, 0.717) is 0 Å². The Kier molecular flexibility index (Phi) is 2.66. The fraction of sp³-hybridized carbons (Fsp3) is 0.438. The molecule has 0 atom stereocenters. The third-order valence-corrected chi connectivity index (χ3v) is 4.13. The van der Waals surface area contributed by atoms with Crippen LogP contribution in [0.25, 0.3) is 10.9 Å². The van der Waals surface area contributed by atoms with E-state index in [2.05, 4.69) is 36.7 Å². The van der Waals surface area contributed by atoms with Crippen LogP contribution in [0.15, 0.2) is 24.3 Å². The molecule has 1 fully saturated rings. The number of rotatable bonds is 1. The van der Waals surface area contributed by atoms with Crippen molar-refractivity contribution < 1.29 is 0 Å². The number of anilines is 2. The van der Waals surface area contributed by atoms with Crippen LogP contribution in [0.5, 0.6) is 0 Å². The number of aryl methyl sites for hydroxylation is 1. The number of benzene rings is 1. The largest absolute Gasteiger partial charge is 0.399 e. The summed E-state index contributed by atoms with van der Waals surface area (Å²) in [6.45, 7) is 7.80. The van der Waals surface area contributed by atoms with E-state index < -0.39 is 0 Å². The lowest BCUT2D eigenvalue weighted by Crippen LogP contribution is -2.38. The lowest BCUT2D eigenvalue weighted by Gasteiger charge is -2.34. The second-order valence-corrected chi connectivity index (χ2v) is 6.13. The Bertz CT molecular complexity index is 631. The molecule has 2 aromatic rings. The van der Waals surface area contributed by atoms with Crippen LogP contribution in [0.4, 0.5) is 11.4 Å². The molecule has 1 aromatic heterocycles. The zero-order chi connectivity index (χ0) is 13.6. The second kappa shape index (κ2) is 4.12. The molecule has 2 N–H and O–H groups in total. The molecule has 0 spiro atoms. The molecule has 0 bridgehead atoms. The molecule has 1 aromatic carbocycles. The number of aromatic nitrogens is 1. The molecule has 3 rings (SSSR count). The van der Waals surface area contributed by atoms with Gasteiger partial charge in [0.2, 0.25) is 0 Å². The topological polar surface area (TPSA) is 42.1 Å². The first-order valence-corrected chi connectivity index (χ1v) is 6.92. The highest BCUT2D eigenvalue weighted by molar-refractivity contribution is 5.94. The molecule has 0 saturated carbocycles. The maximum Gasteiger partial charge on any atom is 0.0727 e. The van der Waals surface area contributed by atoms with Crippen LogP contribution >= 0.6 is 0 Å². The van der Waals surface area contributed by atoms with Crippen molar-refractivity contribution in [2.75, 3.05) is 17.2 Å². The molecule has 3 nitrogen and oxygen atoms in total. The zero-order valence-corrected chi connectivity index (χ0v) is 11.9. The fourth-order valence-electron chi connectivity index (χ4n) is 3.13. The smallest absolute Gasteiger partial charge is 0.0727 e. The number of hydrogen-bond donors (Lipinski definition) is 1. The van der Waals surface area contributed by atoms with Gasteiger partial charge in [0.25, 0.3) is 0 Å². The summed E-state index contributed by atoms with van der Waals surface area (Å²) >= 11 is 0. The summed E-state index contributed by atoms with van der Waals surface area (Å²) in [5.41, 5.74) is 10.3. The molecule has 1 saturated heterocycles. The molecule has 19 heavy (non-hydrogen) atoms. The Hall–Kier alpha value is -1.77. The number of nitrogens with two attached hydrogens (primary N) is 1. The van der Waals surface area contributed by atoms with Crippen LogP contribution < -0.4 is 10.6 Å². The molecule has 0 radical (unpaired) electrons. The van der Waals surface area contributed by atoms with Crippen LogP contribution in [-0.2, 0) is 0 Å². The van der Waals surface area contributed by atoms with Gasteiger partial charge in [0.15, 0.2) is 0 Å². The van der Waals surface area contributed by atoms with Gasteiger partial charge in [-0.3, -0.25) is 4.98 Å². The van der Waals surface area contributed by atoms with Gasteiger partial charge in [-0.1, -0.05) is 0 Å². The molecular weight excluding hydrogens is 234 g/mol. The fourth-order valence-corrected chi connectivity index (χ4v) is 3.13. The highest BCUT2D eigenvalue weighted by Gasteiger charge is 2.33. The van der Waals surface area contributed by atoms with Gasteiger partial charge in [0.1, 0.15) is 0 Å². The van der Waals surface area contributed by atoms with Gasteiger partial charge in [0.05, 0.1) is 5.52 Å². The quantitative estimate of drug-likeness (QED) is 0.793. The third-order valence-electron chi connectivity index (χ3n) is 4.13. The number of nitrogens with zero attached hydrogens (tertiary/aromatic N) is 2. The summed E-state index contributed by atoms with van der Waals surface area (Å²) in [6, 6.07) is 8.18. The minimum absolute atomic E-state index is 0.214. The van der Waals surface area contributed by atoms with Crippen molar-refractivity contribution in [2.45, 2.75) is 39.2 Å². The average molecular weight is 255 g/mol. The lowest BCUT2D eigenvalue weighted by molar-refractivity contribution is 0.519. The van der Waals surface area contributed by atoms with Crippen molar-refractivity contribution >= 4 is 22.3 Å². The van der Waals surface area contributed by atoms with E-state index >= 15 is 0 Å². The van der Waals surface area contributed by atoms with Gasteiger partial charge >= 0.3 is 0 Å². The second-order valence-electron chi connectivity index (χ2n) is 6.13. The first-order valence-electron chi connectivity index (χ1n) is 6.92. The minimum atomic E-state index is 0.214. The van der Waals surface area contributed by atoms with Gasteiger partial charge in [-0.25, -0.2) is 0 Å². The molecular formula is C16H21N3. The Morgan fingerprint density at radius 3 is 2.74 bits per heavy atom. The normalized spacial score (nSPS) is 18.2. The van der Waals surface area contributed by atoms with Gasteiger partial charge in [-0.2, -0.15) is 0 Å². The maximum absolute atomic E-state index is 5.95. The van der Waals surface area contributed by atoms with Crippen LogP contribution in [0.3, 0.4) is 0 Å². The Labute approximate surface area is 114 Å². The van der Waals surface area contributed by atoms with E-state index in [4.69, 9.17) is 5.73 Å². The van der Waals surface area contributed by atoms with Crippen molar-refractivity contribution in [3.8, 4) is 0 Å². The van der Waals surface area contributed by atoms with Gasteiger partial charge in [-0.15, -0.1) is 0 Å². The summed E-state index contributed by atoms with van der Waals surface area (Å²) in [5.74, 6) is 0. The van der Waals surface area contributed by atoms with Crippen LogP contribution in [0.1, 0.15) is 32.4 Å². The van der Waals surface area contributed by atoms with Gasteiger partial charge in [-0.05, 0) is 57.9 Å². The molecule has 1 aliphatic heterocycles. The molecule has 0 amide bonds. The SMILES string of the molecule is Cc1cc(N2CCCC2(C)C)c2cc(N)ccc2n1. The predicted molar refractivity (Wildman–Crippen MR) is 81.6 cm³/mol. The summed E-state index contributed by atoms with van der Waals surface area (Å²) in [7, 11) is 0. The number of hydrogen-bond acceptors (Lipinski definition) is 3. The van der Waals surface area contributed by atoms with Crippen molar-refractivity contribution in [3.05, 3.63) is 30.0 Å². The van der Waals surface area contributed by atoms with E-state index in [1.807, 2.05) is 18.2 Å². The van der Waals surface area contributed by atoms with E-state index in [-0.39, 0.29) is 5.54 Å². The van der Waals surface area contributed by atoms with Crippen LogP contribution in [0.2, 0.25) is 0 Å². The number of nitrogen functional groups attached to an aromatic ring is 1. The van der Waals surface area contributed by atoms with Crippen molar-refractivity contribution in [2.24, 2.45) is 0 Å². The zero-order valence-electron chi connectivity index (χ0n) is 11.9. The molecule has 2 heterocycles. The molecule has 3 heteroatoms. The summed E-state index contributed by atoms with van der Waals surface area (Å²) < 4.78 is 0. The number of fused-ring (bicyclic) bond motifs is 1. The Morgan fingerprint density at radius 1 is 1.26 bits per heavy atom. The highest BCUT2D eigenvalue weighted by Crippen LogP contribution is 2.38. The van der Waals surface area contributed by atoms with Gasteiger partial charge in [0, 0.05) is 34.5 Å². The predicted octanol–water partition coefficient (Wildman–Crippen LogP) is 3.50. The van der Waals surface area contributed by atoms with Crippen molar-refractivity contribution in [1.82, 2.24) is 4.98 Å². The Balaban J connectivity index is 2.24. The van der Waals surface area contributed by atoms with E-state index in [9.17, 15) is 0 Å². The highest BCUT2D eigenvalue weighted by atomic mass is 15.2. The molecule has 1 aliphatic rings. The summed E-state index contributed by atoms with van der Waals surface area (Å²) in [5, 5.41) is 1.17. The van der Waals surface area contributed by atoms with E-state index in [1.165, 1.54) is 23.9 Å². The minimum Gasteiger partial charge on any atom is -0.399 e. The van der Waals surface area contributed by atoms with Crippen LogP contribution in [-0.4, -0.2) is 17.1 Å². The van der Waals surface area contributed by atoms with Crippen LogP contribution in [0, 0.1) is 6.92 Å². The van der Waals surface area contributed by atoms with Gasteiger partial charge < -0.3 is 10.6 Å². The average Bonchev–Trinajstić information content (AvgIpc) is 2.68. The lowest BCUT2D eigenvalue weighted by atomic mass is 10.0.